The Balaban J connectivity index is 1.57. The number of carbonyl (C=O) groups excluding carboxylic acids is 1. The molecule has 0 radical (unpaired) electrons. The fourth-order valence-electron chi connectivity index (χ4n) is 3.70. The van der Waals surface area contributed by atoms with Crippen molar-refractivity contribution in [3.8, 4) is 0 Å². The molecule has 2 aromatic carbocycles. The van der Waals surface area contributed by atoms with Crippen LogP contribution in [0.1, 0.15) is 6.42 Å². The topological polar surface area (TPSA) is 47.6 Å². The molecule has 5 nitrogen and oxygen atoms in total. The smallest absolute Gasteiger partial charge is 0.322 e. The number of halogens is 2. The van der Waals surface area contributed by atoms with Crippen molar-refractivity contribution >= 4 is 23.1 Å². The molecule has 2 aliphatic heterocycles. The number of nitrogens with zero attached hydrogens (tertiary/aromatic N) is 2. The van der Waals surface area contributed by atoms with E-state index in [1.165, 1.54) is 24.3 Å². The van der Waals surface area contributed by atoms with Crippen LogP contribution in [0.3, 0.4) is 0 Å². The number of anilines is 3. The van der Waals surface area contributed by atoms with E-state index in [9.17, 15) is 13.6 Å². The van der Waals surface area contributed by atoms with Crippen molar-refractivity contribution < 1.29 is 13.6 Å². The second-order valence-electron chi connectivity index (χ2n) is 6.96. The summed E-state index contributed by atoms with van der Waals surface area (Å²) in [5, 5.41) is 6.28. The number of amides is 2. The number of benzene rings is 2. The van der Waals surface area contributed by atoms with Crippen LogP contribution in [0.4, 0.5) is 30.6 Å². The lowest BCUT2D eigenvalue weighted by Gasteiger charge is -2.37. The molecule has 2 heterocycles. The van der Waals surface area contributed by atoms with E-state index in [1.807, 2.05) is 4.90 Å². The Hall–Kier alpha value is -2.67. The number of hydrogen-bond acceptors (Lipinski definition) is 3. The van der Waals surface area contributed by atoms with Gasteiger partial charge in [0.05, 0.1) is 11.4 Å². The normalized spacial score (nSPS) is 19.1. The summed E-state index contributed by atoms with van der Waals surface area (Å²) >= 11 is 0. The molecule has 0 aliphatic carbocycles. The zero-order valence-corrected chi connectivity index (χ0v) is 14.9. The molecular formula is C20H22F2N4O. The van der Waals surface area contributed by atoms with Gasteiger partial charge in [-0.3, -0.25) is 4.90 Å². The molecule has 0 aromatic heterocycles. The number of urea groups is 1. The Labute approximate surface area is 157 Å². The lowest BCUT2D eigenvalue weighted by atomic mass is 10.1. The maximum absolute atomic E-state index is 13.9. The van der Waals surface area contributed by atoms with E-state index < -0.39 is 0 Å². The second kappa shape index (κ2) is 7.52. The van der Waals surface area contributed by atoms with Crippen LogP contribution in [0, 0.1) is 17.6 Å². The molecule has 0 spiro atoms. The SMILES string of the molecule is O=C(NCC1CCNC1)N1CCN(c2ccc(F)cc2)c2cc(F)ccc21. The van der Waals surface area contributed by atoms with Gasteiger partial charge < -0.3 is 15.5 Å². The van der Waals surface area contributed by atoms with Crippen molar-refractivity contribution in [3.05, 3.63) is 54.1 Å². The fourth-order valence-corrected chi connectivity index (χ4v) is 3.70. The Morgan fingerprint density at radius 1 is 1.07 bits per heavy atom. The lowest BCUT2D eigenvalue weighted by Crippen LogP contribution is -2.48. The summed E-state index contributed by atoms with van der Waals surface area (Å²) in [4.78, 5) is 16.3. The molecule has 2 amide bonds. The van der Waals surface area contributed by atoms with Crippen molar-refractivity contribution in [1.82, 2.24) is 10.6 Å². The first-order chi connectivity index (χ1) is 13.1. The Kier molecular flexibility index (Phi) is 4.94. The first-order valence-corrected chi connectivity index (χ1v) is 9.20. The third-order valence-corrected chi connectivity index (χ3v) is 5.15. The van der Waals surface area contributed by atoms with E-state index in [-0.39, 0.29) is 17.7 Å². The van der Waals surface area contributed by atoms with Crippen molar-refractivity contribution in [3.63, 3.8) is 0 Å². The zero-order chi connectivity index (χ0) is 18.8. The minimum Gasteiger partial charge on any atom is -0.338 e. The zero-order valence-electron chi connectivity index (χ0n) is 14.9. The number of rotatable bonds is 3. The minimum atomic E-state index is -0.375. The van der Waals surface area contributed by atoms with Crippen LogP contribution in [0.2, 0.25) is 0 Å². The molecule has 1 atom stereocenters. The number of carbonyl (C=O) groups is 1. The highest BCUT2D eigenvalue weighted by Crippen LogP contribution is 2.38. The van der Waals surface area contributed by atoms with Crippen LogP contribution in [0.25, 0.3) is 0 Å². The maximum Gasteiger partial charge on any atom is 0.322 e. The molecular weight excluding hydrogens is 350 g/mol. The van der Waals surface area contributed by atoms with Crippen LogP contribution < -0.4 is 20.4 Å². The van der Waals surface area contributed by atoms with Gasteiger partial charge in [-0.2, -0.15) is 0 Å². The van der Waals surface area contributed by atoms with Gasteiger partial charge in [-0.05, 0) is 67.9 Å². The van der Waals surface area contributed by atoms with Crippen LogP contribution in [0.15, 0.2) is 42.5 Å². The molecule has 2 aliphatic rings. The van der Waals surface area contributed by atoms with E-state index in [2.05, 4.69) is 10.6 Å². The molecule has 0 bridgehead atoms. The first kappa shape index (κ1) is 17.7. The van der Waals surface area contributed by atoms with E-state index in [0.717, 1.165) is 25.2 Å². The van der Waals surface area contributed by atoms with Gasteiger partial charge >= 0.3 is 6.03 Å². The van der Waals surface area contributed by atoms with Gasteiger partial charge in [-0.25, -0.2) is 13.6 Å². The van der Waals surface area contributed by atoms with Crippen LogP contribution in [-0.2, 0) is 0 Å². The highest BCUT2D eigenvalue weighted by atomic mass is 19.1. The summed E-state index contributed by atoms with van der Waals surface area (Å²) in [5.74, 6) is -0.250. The lowest BCUT2D eigenvalue weighted by molar-refractivity contribution is 0.244. The summed E-state index contributed by atoms with van der Waals surface area (Å²) < 4.78 is 27.2. The van der Waals surface area contributed by atoms with Crippen molar-refractivity contribution in [1.29, 1.82) is 0 Å². The molecule has 0 saturated carbocycles. The molecule has 2 aromatic rings. The molecule has 142 valence electrons. The Bertz CT molecular complexity index is 821. The standard InChI is InChI=1S/C20H22F2N4O/c21-15-1-4-17(5-2-15)25-9-10-26(18-6-3-16(22)11-19(18)25)20(27)24-13-14-7-8-23-12-14/h1-6,11,14,23H,7-10,12-13H2,(H,24,27). The van der Waals surface area contributed by atoms with Gasteiger partial charge in [-0.1, -0.05) is 0 Å². The average Bonchev–Trinajstić information content (AvgIpc) is 3.19. The largest absolute Gasteiger partial charge is 0.338 e. The van der Waals surface area contributed by atoms with E-state index >= 15 is 0 Å². The van der Waals surface area contributed by atoms with Crippen molar-refractivity contribution in [2.75, 3.05) is 42.5 Å². The highest BCUT2D eigenvalue weighted by molar-refractivity contribution is 5.97. The quantitative estimate of drug-likeness (QED) is 0.870. The summed E-state index contributed by atoms with van der Waals surface area (Å²) in [5.41, 5.74) is 2.01. The predicted octanol–water partition coefficient (Wildman–Crippen LogP) is 3.24. The average molecular weight is 372 g/mol. The van der Waals surface area contributed by atoms with Crippen LogP contribution >= 0.6 is 0 Å². The van der Waals surface area contributed by atoms with Crippen LogP contribution in [0.5, 0.6) is 0 Å². The number of nitrogens with one attached hydrogen (secondary N) is 2. The van der Waals surface area contributed by atoms with Crippen LogP contribution in [-0.4, -0.2) is 38.8 Å². The van der Waals surface area contributed by atoms with Gasteiger partial charge in [0.1, 0.15) is 11.6 Å². The van der Waals surface area contributed by atoms with E-state index in [4.69, 9.17) is 0 Å². The number of hydrogen-bond donors (Lipinski definition) is 2. The third kappa shape index (κ3) is 3.73. The summed E-state index contributed by atoms with van der Waals surface area (Å²) in [6.45, 7) is 3.49. The predicted molar refractivity (Wildman–Crippen MR) is 102 cm³/mol. The molecule has 1 unspecified atom stereocenters. The molecule has 27 heavy (non-hydrogen) atoms. The summed E-state index contributed by atoms with van der Waals surface area (Å²) in [6, 6.07) is 10.3. The van der Waals surface area contributed by atoms with Gasteiger partial charge in [-0.15, -0.1) is 0 Å². The van der Waals surface area contributed by atoms with Crippen molar-refractivity contribution in [2.24, 2.45) is 5.92 Å². The first-order valence-electron chi connectivity index (χ1n) is 9.20. The van der Waals surface area contributed by atoms with Gasteiger partial charge in [0, 0.05) is 25.3 Å². The fraction of sp³-hybridized carbons (Fsp3) is 0.350. The molecule has 2 N–H and O–H groups in total. The number of fused-ring (bicyclic) bond motifs is 1. The summed E-state index contributed by atoms with van der Waals surface area (Å²) in [6.07, 6.45) is 1.06. The molecule has 1 fully saturated rings. The minimum absolute atomic E-state index is 0.173. The van der Waals surface area contributed by atoms with Gasteiger partial charge in [0.2, 0.25) is 0 Å². The monoisotopic (exact) mass is 372 g/mol. The molecule has 7 heteroatoms. The van der Waals surface area contributed by atoms with E-state index in [0.29, 0.717) is 36.9 Å². The maximum atomic E-state index is 13.9. The van der Waals surface area contributed by atoms with E-state index in [1.54, 1.807) is 23.1 Å². The molecule has 4 rings (SSSR count). The second-order valence-corrected chi connectivity index (χ2v) is 6.96. The van der Waals surface area contributed by atoms with Gasteiger partial charge in [0.15, 0.2) is 0 Å². The summed E-state index contributed by atoms with van der Waals surface area (Å²) in [7, 11) is 0. The van der Waals surface area contributed by atoms with Crippen molar-refractivity contribution in [2.45, 2.75) is 6.42 Å². The van der Waals surface area contributed by atoms with Gasteiger partial charge in [0.25, 0.3) is 0 Å². The third-order valence-electron chi connectivity index (χ3n) is 5.15. The molecule has 1 saturated heterocycles. The Morgan fingerprint density at radius 3 is 2.59 bits per heavy atom. The highest BCUT2D eigenvalue weighted by Gasteiger charge is 2.28. The Morgan fingerprint density at radius 2 is 1.85 bits per heavy atom.